The highest BCUT2D eigenvalue weighted by atomic mass is 32.3. The molecule has 1 aromatic carbocycles. The van der Waals surface area contributed by atoms with Gasteiger partial charge in [0.25, 0.3) is 0 Å². The summed E-state index contributed by atoms with van der Waals surface area (Å²) < 4.78 is 37.7. The van der Waals surface area contributed by atoms with Crippen LogP contribution < -0.4 is 6.15 Å². The highest BCUT2D eigenvalue weighted by molar-refractivity contribution is 7.80. The maximum Gasteiger partial charge on any atom is 0.218 e. The zero-order chi connectivity index (χ0) is 13.8. The van der Waals surface area contributed by atoms with Crippen LogP contribution in [0.5, 0.6) is 0 Å². The van der Waals surface area contributed by atoms with Crippen molar-refractivity contribution in [1.29, 1.82) is 0 Å². The molecule has 0 amide bonds. The van der Waals surface area contributed by atoms with Crippen molar-refractivity contribution in [2.45, 2.75) is 45.6 Å². The van der Waals surface area contributed by atoms with Gasteiger partial charge in [-0.3, -0.25) is 4.18 Å². The molecule has 6 heteroatoms. The molecular weight excluding hydrogens is 266 g/mol. The summed E-state index contributed by atoms with van der Waals surface area (Å²) in [6.07, 6.45) is 1.63. The molecule has 0 unspecified atom stereocenters. The summed E-state index contributed by atoms with van der Waals surface area (Å²) in [5.74, 6) is 0. The van der Waals surface area contributed by atoms with Gasteiger partial charge in [0.15, 0.2) is 0 Å². The largest absolute Gasteiger partial charge is 0.725 e. The van der Waals surface area contributed by atoms with E-state index in [9.17, 15) is 13.0 Å². The third-order valence-corrected chi connectivity index (χ3v) is 3.82. The summed E-state index contributed by atoms with van der Waals surface area (Å²) in [5, 5.41) is 0. The van der Waals surface area contributed by atoms with Gasteiger partial charge in [0, 0.05) is 0 Å². The number of rotatable bonds is 6. The predicted octanol–water partition coefficient (Wildman–Crippen LogP) is 3.12. The molecule has 19 heavy (non-hydrogen) atoms. The first kappa shape index (κ1) is 18.0. The Morgan fingerprint density at radius 3 is 2.11 bits per heavy atom. The van der Waals surface area contributed by atoms with Crippen molar-refractivity contribution in [3.63, 3.8) is 0 Å². The van der Waals surface area contributed by atoms with Gasteiger partial charge in [-0.1, -0.05) is 45.0 Å². The Morgan fingerprint density at radius 1 is 1.16 bits per heavy atom. The lowest BCUT2D eigenvalue weighted by molar-refractivity contribution is 0.0486. The molecule has 0 fully saturated rings. The standard InChI is InChI=1S/C13H20O4S.H3N/c1-4-11-9-7-8-10-12(11)13(5-2,6-3)17-18(14,15)16;/h7-10H,4-6H2,1-3H3,(H,14,15,16);1H3. The molecule has 0 spiro atoms. The molecule has 0 aromatic heterocycles. The quantitative estimate of drug-likeness (QED) is 0.641. The van der Waals surface area contributed by atoms with Gasteiger partial charge in [0.2, 0.25) is 10.4 Å². The number of quaternary nitrogens is 1. The van der Waals surface area contributed by atoms with Crippen molar-refractivity contribution in [2.75, 3.05) is 0 Å². The van der Waals surface area contributed by atoms with Gasteiger partial charge in [-0.25, -0.2) is 8.42 Å². The van der Waals surface area contributed by atoms with Crippen molar-refractivity contribution in [3.8, 4) is 0 Å². The first-order valence-corrected chi connectivity index (χ1v) is 7.46. The second kappa shape index (κ2) is 7.00. The lowest BCUT2D eigenvalue weighted by Crippen LogP contribution is -2.32. The molecule has 0 atom stereocenters. The van der Waals surface area contributed by atoms with E-state index in [1.165, 1.54) is 0 Å². The molecule has 0 saturated heterocycles. The lowest BCUT2D eigenvalue weighted by atomic mass is 9.85. The molecule has 0 bridgehead atoms. The highest BCUT2D eigenvalue weighted by Crippen LogP contribution is 2.36. The van der Waals surface area contributed by atoms with E-state index in [0.717, 1.165) is 17.5 Å². The average Bonchev–Trinajstić information content (AvgIpc) is 2.35. The summed E-state index contributed by atoms with van der Waals surface area (Å²) in [6.45, 7) is 5.63. The van der Waals surface area contributed by atoms with Crippen molar-refractivity contribution < 1.29 is 17.2 Å². The molecule has 0 radical (unpaired) electrons. The van der Waals surface area contributed by atoms with Gasteiger partial charge >= 0.3 is 0 Å². The monoisotopic (exact) mass is 289 g/mol. The minimum absolute atomic E-state index is 0. The van der Waals surface area contributed by atoms with Gasteiger partial charge in [0.05, 0.1) is 0 Å². The van der Waals surface area contributed by atoms with Crippen molar-refractivity contribution in [3.05, 3.63) is 35.4 Å². The molecule has 5 nitrogen and oxygen atoms in total. The lowest BCUT2D eigenvalue weighted by Gasteiger charge is -2.34. The maximum absolute atomic E-state index is 11.0. The zero-order valence-corrected chi connectivity index (χ0v) is 12.8. The third-order valence-electron chi connectivity index (χ3n) is 3.29. The Labute approximate surface area is 115 Å². The maximum atomic E-state index is 11.0. The molecule has 0 heterocycles. The van der Waals surface area contributed by atoms with Gasteiger partial charge in [-0.15, -0.1) is 0 Å². The van der Waals surface area contributed by atoms with Crippen LogP contribution in [0.15, 0.2) is 24.3 Å². The van der Waals surface area contributed by atoms with Crippen LogP contribution in [-0.2, 0) is 26.6 Å². The van der Waals surface area contributed by atoms with Crippen molar-refractivity contribution >= 4 is 10.4 Å². The number of hydrogen-bond acceptors (Lipinski definition) is 4. The smallest absolute Gasteiger partial charge is 0.218 e. The Hall–Kier alpha value is -0.950. The Morgan fingerprint density at radius 2 is 1.68 bits per heavy atom. The van der Waals surface area contributed by atoms with E-state index >= 15 is 0 Å². The number of hydrogen-bond donors (Lipinski definition) is 1. The minimum atomic E-state index is -4.73. The summed E-state index contributed by atoms with van der Waals surface area (Å²) >= 11 is 0. The van der Waals surface area contributed by atoms with Crippen molar-refractivity contribution in [2.24, 2.45) is 0 Å². The SMILES string of the molecule is CCc1ccccc1C(CC)(CC)OS(=O)(=O)[O-].[NH4+]. The van der Waals surface area contributed by atoms with E-state index < -0.39 is 16.0 Å². The Balaban J connectivity index is 0.00000324. The second-order valence-corrected chi connectivity index (χ2v) is 5.19. The molecule has 0 aliphatic carbocycles. The van der Waals surface area contributed by atoms with Crippen LogP contribution in [0, 0.1) is 0 Å². The topological polar surface area (TPSA) is 103 Å². The normalized spacial score (nSPS) is 12.0. The molecular formula is C13H23NO4S. The summed E-state index contributed by atoms with van der Waals surface area (Å²) in [6, 6.07) is 7.48. The highest BCUT2D eigenvalue weighted by Gasteiger charge is 2.33. The van der Waals surface area contributed by atoms with E-state index in [4.69, 9.17) is 4.18 Å². The van der Waals surface area contributed by atoms with E-state index in [0.29, 0.717) is 12.8 Å². The zero-order valence-electron chi connectivity index (χ0n) is 12.0. The fraction of sp³-hybridized carbons (Fsp3) is 0.538. The first-order valence-electron chi connectivity index (χ1n) is 6.13. The molecule has 0 aliphatic rings. The van der Waals surface area contributed by atoms with E-state index in [-0.39, 0.29) is 6.15 Å². The fourth-order valence-electron chi connectivity index (χ4n) is 2.26. The van der Waals surface area contributed by atoms with E-state index in [2.05, 4.69) is 0 Å². The van der Waals surface area contributed by atoms with Crippen LogP contribution in [0.2, 0.25) is 0 Å². The van der Waals surface area contributed by atoms with Crippen LogP contribution in [0.4, 0.5) is 0 Å². The number of benzene rings is 1. The third kappa shape index (κ3) is 4.28. The van der Waals surface area contributed by atoms with Crippen LogP contribution in [0.25, 0.3) is 0 Å². The molecule has 4 N–H and O–H groups in total. The average molecular weight is 289 g/mol. The number of aryl methyl sites for hydroxylation is 1. The summed E-state index contributed by atoms with van der Waals surface area (Å²) in [5.41, 5.74) is 0.745. The van der Waals surface area contributed by atoms with E-state index in [1.54, 1.807) is 0 Å². The fourth-order valence-corrected chi connectivity index (χ4v) is 2.98. The van der Waals surface area contributed by atoms with Crippen LogP contribution >= 0.6 is 0 Å². The van der Waals surface area contributed by atoms with E-state index in [1.807, 2.05) is 45.0 Å². The molecule has 0 saturated carbocycles. The first-order chi connectivity index (χ1) is 8.38. The summed E-state index contributed by atoms with van der Waals surface area (Å²) in [7, 11) is -4.73. The molecule has 1 aromatic rings. The van der Waals surface area contributed by atoms with Crippen molar-refractivity contribution in [1.82, 2.24) is 6.15 Å². The molecule has 110 valence electrons. The summed E-state index contributed by atoms with van der Waals surface area (Å²) in [4.78, 5) is 0. The van der Waals surface area contributed by atoms with Gasteiger partial charge in [-0.05, 0) is 30.4 Å². The van der Waals surface area contributed by atoms with Gasteiger partial charge in [0.1, 0.15) is 5.60 Å². The van der Waals surface area contributed by atoms with Crippen LogP contribution in [-0.4, -0.2) is 13.0 Å². The van der Waals surface area contributed by atoms with Gasteiger partial charge < -0.3 is 10.7 Å². The predicted molar refractivity (Wildman–Crippen MR) is 74.8 cm³/mol. The van der Waals surface area contributed by atoms with Crippen LogP contribution in [0.1, 0.15) is 44.7 Å². The van der Waals surface area contributed by atoms with Crippen LogP contribution in [0.3, 0.4) is 0 Å². The Kier molecular flexibility index (Phi) is 6.65. The second-order valence-electron chi connectivity index (χ2n) is 4.20. The molecule has 0 aliphatic heterocycles. The Bertz CT molecular complexity index is 495. The van der Waals surface area contributed by atoms with Gasteiger partial charge in [-0.2, -0.15) is 0 Å². The minimum Gasteiger partial charge on any atom is -0.725 e. The molecule has 1 rings (SSSR count).